The molecule has 0 unspecified atom stereocenters. The quantitative estimate of drug-likeness (QED) is 0.411. The average molecular weight is 428 g/mol. The second-order valence-electron chi connectivity index (χ2n) is 5.31. The Kier molecular flexibility index (Phi) is 6.84. The van der Waals surface area contributed by atoms with E-state index in [9.17, 15) is 18.0 Å². The predicted octanol–water partition coefficient (Wildman–Crippen LogP) is 4.77. The second-order valence-corrected chi connectivity index (χ2v) is 5.70. The molecule has 2 aromatic heterocycles. The van der Waals surface area contributed by atoms with Crippen molar-refractivity contribution in [2.45, 2.75) is 6.18 Å². The molecule has 3 aromatic rings. The maximum Gasteiger partial charge on any atom is 0.490 e. The third-order valence-corrected chi connectivity index (χ3v) is 3.41. The van der Waals surface area contributed by atoms with Crippen molar-refractivity contribution in [1.82, 2.24) is 9.97 Å². The molecule has 2 heterocycles. The van der Waals surface area contributed by atoms with Crippen molar-refractivity contribution in [2.24, 2.45) is 0 Å². The number of halogens is 4. The molecule has 3 N–H and O–H groups in total. The molecule has 0 aliphatic heterocycles. The van der Waals surface area contributed by atoms with E-state index in [1.54, 1.807) is 36.5 Å². The number of benzene rings is 1. The topological polar surface area (TPSA) is 104 Å². The molecule has 0 aliphatic rings. The fraction of sp³-hybridized carbons (Fsp3) is 0.0556. The molecule has 0 fully saturated rings. The Hall–Kier alpha value is -3.53. The number of amides is 1. The van der Waals surface area contributed by atoms with Crippen molar-refractivity contribution in [1.29, 1.82) is 0 Å². The van der Waals surface area contributed by atoms with E-state index in [-0.39, 0.29) is 5.91 Å². The second kappa shape index (κ2) is 9.11. The highest BCUT2D eigenvalue weighted by Gasteiger charge is 2.38. The summed E-state index contributed by atoms with van der Waals surface area (Å²) in [5.41, 5.74) is 1.27. The van der Waals surface area contributed by atoms with Crippen LogP contribution in [0, 0.1) is 0 Å². The number of carbonyl (C=O) groups is 2. The van der Waals surface area contributed by atoms with Gasteiger partial charge in [0.05, 0.1) is 5.39 Å². The summed E-state index contributed by atoms with van der Waals surface area (Å²) in [5, 5.41) is 11.0. The van der Waals surface area contributed by atoms with Crippen LogP contribution in [0.1, 0.15) is 0 Å². The summed E-state index contributed by atoms with van der Waals surface area (Å²) < 4.78 is 37.6. The number of H-pyrrole nitrogens is 1. The van der Waals surface area contributed by atoms with E-state index < -0.39 is 12.1 Å². The Bertz CT molecular complexity index is 1050. The van der Waals surface area contributed by atoms with Gasteiger partial charge >= 0.3 is 12.1 Å². The molecule has 1 aromatic carbocycles. The number of nitrogens with zero attached hydrogens (tertiary/aromatic N) is 1. The molecular formula is C18H13ClF3N3O4. The number of aromatic nitrogens is 2. The Morgan fingerprint density at radius 2 is 1.97 bits per heavy atom. The van der Waals surface area contributed by atoms with Crippen molar-refractivity contribution in [3.05, 3.63) is 60.4 Å². The maximum absolute atomic E-state index is 11.3. The van der Waals surface area contributed by atoms with Crippen molar-refractivity contribution in [2.75, 3.05) is 5.32 Å². The fourth-order valence-electron chi connectivity index (χ4n) is 2.02. The van der Waals surface area contributed by atoms with Crippen molar-refractivity contribution in [3.63, 3.8) is 0 Å². The lowest BCUT2D eigenvalue weighted by Crippen LogP contribution is -2.21. The number of nitrogens with one attached hydrogen (secondary N) is 2. The maximum atomic E-state index is 11.3. The molecule has 3 rings (SSSR count). The first-order valence-electron chi connectivity index (χ1n) is 7.75. The lowest BCUT2D eigenvalue weighted by Gasteiger charge is -2.09. The number of aliphatic carboxylic acids is 1. The van der Waals surface area contributed by atoms with E-state index in [1.807, 2.05) is 6.07 Å². The highest BCUT2D eigenvalue weighted by Crippen LogP contribution is 2.31. The number of alkyl halides is 3. The van der Waals surface area contributed by atoms with Gasteiger partial charge in [-0.15, -0.1) is 0 Å². The average Bonchev–Trinajstić information content (AvgIpc) is 3.10. The number of hydrogen-bond acceptors (Lipinski definition) is 4. The SMILES string of the molecule is C=CC(=O)Nc1cccc(Oc2cc(Cl)nc3[nH]ccc23)c1.O=C(O)C(F)(F)F. The van der Waals surface area contributed by atoms with Crippen LogP contribution in [0.25, 0.3) is 11.0 Å². The van der Waals surface area contributed by atoms with Gasteiger partial charge in [-0.1, -0.05) is 24.2 Å². The molecular weight excluding hydrogens is 415 g/mol. The van der Waals surface area contributed by atoms with Gasteiger partial charge in [0.25, 0.3) is 0 Å². The lowest BCUT2D eigenvalue weighted by molar-refractivity contribution is -0.192. The highest BCUT2D eigenvalue weighted by atomic mass is 35.5. The van der Waals surface area contributed by atoms with E-state index in [4.69, 9.17) is 26.2 Å². The Labute approximate surface area is 166 Å². The number of carbonyl (C=O) groups excluding carboxylic acids is 1. The zero-order valence-corrected chi connectivity index (χ0v) is 15.2. The Morgan fingerprint density at radius 3 is 2.59 bits per heavy atom. The summed E-state index contributed by atoms with van der Waals surface area (Å²) in [6, 6.07) is 10.6. The van der Waals surface area contributed by atoms with Crippen molar-refractivity contribution in [3.8, 4) is 11.5 Å². The monoisotopic (exact) mass is 427 g/mol. The zero-order valence-electron chi connectivity index (χ0n) is 14.5. The highest BCUT2D eigenvalue weighted by molar-refractivity contribution is 6.30. The number of anilines is 1. The van der Waals surface area contributed by atoms with Crippen LogP contribution in [0.4, 0.5) is 18.9 Å². The number of rotatable bonds is 4. The molecule has 11 heteroatoms. The predicted molar refractivity (Wildman–Crippen MR) is 100 cm³/mol. The molecule has 0 saturated carbocycles. The first-order valence-corrected chi connectivity index (χ1v) is 8.13. The fourth-order valence-corrected chi connectivity index (χ4v) is 2.20. The Balaban J connectivity index is 0.000000370. The van der Waals surface area contributed by atoms with Crippen LogP contribution in [0.15, 0.2) is 55.3 Å². The van der Waals surface area contributed by atoms with Gasteiger partial charge in [0, 0.05) is 24.0 Å². The van der Waals surface area contributed by atoms with E-state index in [0.29, 0.717) is 28.0 Å². The van der Waals surface area contributed by atoms with Crippen LogP contribution in [-0.4, -0.2) is 33.1 Å². The van der Waals surface area contributed by atoms with Gasteiger partial charge in [0.1, 0.15) is 22.3 Å². The van der Waals surface area contributed by atoms with Gasteiger partial charge < -0.3 is 20.1 Å². The zero-order chi connectivity index (χ0) is 21.6. The normalized spacial score (nSPS) is 10.6. The van der Waals surface area contributed by atoms with Gasteiger partial charge in [-0.05, 0) is 24.3 Å². The number of pyridine rings is 1. The van der Waals surface area contributed by atoms with Gasteiger partial charge in [0.2, 0.25) is 5.91 Å². The smallest absolute Gasteiger partial charge is 0.475 e. The third kappa shape index (κ3) is 6.25. The summed E-state index contributed by atoms with van der Waals surface area (Å²) in [4.78, 5) is 27.4. The molecule has 0 atom stereocenters. The molecule has 152 valence electrons. The van der Waals surface area contributed by atoms with E-state index in [1.165, 1.54) is 6.08 Å². The van der Waals surface area contributed by atoms with Gasteiger partial charge in [-0.3, -0.25) is 4.79 Å². The summed E-state index contributed by atoms with van der Waals surface area (Å²) in [7, 11) is 0. The molecule has 0 aliphatic carbocycles. The summed E-state index contributed by atoms with van der Waals surface area (Å²) in [6.07, 6.45) is -2.11. The molecule has 0 radical (unpaired) electrons. The van der Waals surface area contributed by atoms with Crippen LogP contribution >= 0.6 is 11.6 Å². The van der Waals surface area contributed by atoms with Crippen LogP contribution < -0.4 is 10.1 Å². The van der Waals surface area contributed by atoms with Crippen molar-refractivity contribution < 1.29 is 32.6 Å². The standard InChI is InChI=1S/C16H12ClN3O2.C2HF3O2/c1-2-15(21)19-10-4-3-5-11(8-10)22-13-9-14(17)20-16-12(13)6-7-18-16;3-2(4,5)1(6)7/h2-9H,1H2,(H,18,20)(H,19,21);(H,6,7). The summed E-state index contributed by atoms with van der Waals surface area (Å²) >= 11 is 5.99. The first-order chi connectivity index (χ1) is 13.6. The number of ether oxygens (including phenoxy) is 1. The number of fused-ring (bicyclic) bond motifs is 1. The molecule has 7 nitrogen and oxygen atoms in total. The lowest BCUT2D eigenvalue weighted by atomic mass is 10.3. The molecule has 0 saturated heterocycles. The number of aromatic amines is 1. The molecule has 29 heavy (non-hydrogen) atoms. The Morgan fingerprint density at radius 1 is 1.28 bits per heavy atom. The van der Waals surface area contributed by atoms with Gasteiger partial charge in [-0.25, -0.2) is 9.78 Å². The van der Waals surface area contributed by atoms with Crippen LogP contribution in [-0.2, 0) is 9.59 Å². The summed E-state index contributed by atoms with van der Waals surface area (Å²) in [6.45, 7) is 3.42. The summed E-state index contributed by atoms with van der Waals surface area (Å²) in [5.74, 6) is -1.88. The molecule has 0 bridgehead atoms. The minimum atomic E-state index is -5.08. The van der Waals surface area contributed by atoms with Gasteiger partial charge in [0.15, 0.2) is 0 Å². The molecule has 0 spiro atoms. The van der Waals surface area contributed by atoms with Gasteiger partial charge in [-0.2, -0.15) is 13.2 Å². The number of carboxylic acid groups (broad SMARTS) is 1. The minimum Gasteiger partial charge on any atom is -0.475 e. The van der Waals surface area contributed by atoms with E-state index in [2.05, 4.69) is 21.9 Å². The minimum absolute atomic E-state index is 0.280. The number of carboxylic acids is 1. The van der Waals surface area contributed by atoms with Crippen LogP contribution in [0.2, 0.25) is 5.15 Å². The van der Waals surface area contributed by atoms with Crippen LogP contribution in [0.5, 0.6) is 11.5 Å². The van der Waals surface area contributed by atoms with E-state index >= 15 is 0 Å². The first kappa shape index (κ1) is 21.8. The molecule has 1 amide bonds. The third-order valence-electron chi connectivity index (χ3n) is 3.22. The van der Waals surface area contributed by atoms with Crippen LogP contribution in [0.3, 0.4) is 0 Å². The largest absolute Gasteiger partial charge is 0.490 e. The van der Waals surface area contributed by atoms with E-state index in [0.717, 1.165) is 5.39 Å². The number of hydrogen-bond donors (Lipinski definition) is 3. The van der Waals surface area contributed by atoms with Crippen molar-refractivity contribution >= 4 is 40.2 Å².